The molecule has 16 heavy (non-hydrogen) atoms. The van der Waals surface area contributed by atoms with E-state index in [0.29, 0.717) is 5.02 Å². The van der Waals surface area contributed by atoms with E-state index >= 15 is 0 Å². The first-order valence-corrected chi connectivity index (χ1v) is 5.68. The molecular weight excluding hydrogens is 226 g/mol. The zero-order valence-electron chi connectivity index (χ0n) is 8.73. The van der Waals surface area contributed by atoms with Gasteiger partial charge in [-0.05, 0) is 6.07 Å². The summed E-state index contributed by atoms with van der Waals surface area (Å²) in [5.74, 6) is 1.05. The normalized spacial score (nSPS) is 16.9. The average molecular weight is 238 g/mol. The van der Waals surface area contributed by atoms with E-state index in [2.05, 4.69) is 20.3 Å². The third-order valence-electron chi connectivity index (χ3n) is 2.78. The molecule has 5 nitrogen and oxygen atoms in total. The first kappa shape index (κ1) is 9.86. The standard InChI is InChI=1S/C10H12ClN5/c11-8-7-14-16-9(1-2-13-10(8)16)15-5-3-12-4-6-15/h1-2,7,12H,3-6H2. The number of hydrogen-bond donors (Lipinski definition) is 1. The number of piperazine rings is 1. The SMILES string of the molecule is Clc1cnn2c(N3CCNCC3)ccnc12. The molecule has 0 saturated carbocycles. The van der Waals surface area contributed by atoms with Gasteiger partial charge in [0.2, 0.25) is 0 Å². The van der Waals surface area contributed by atoms with E-state index in [1.54, 1.807) is 16.9 Å². The Bertz CT molecular complexity index is 503. The van der Waals surface area contributed by atoms with Crippen LogP contribution < -0.4 is 10.2 Å². The van der Waals surface area contributed by atoms with Gasteiger partial charge in [-0.25, -0.2) is 4.98 Å². The van der Waals surface area contributed by atoms with E-state index in [9.17, 15) is 0 Å². The fraction of sp³-hybridized carbons (Fsp3) is 0.400. The number of fused-ring (bicyclic) bond motifs is 1. The highest BCUT2D eigenvalue weighted by molar-refractivity contribution is 6.33. The van der Waals surface area contributed by atoms with Crippen LogP contribution in [0.2, 0.25) is 5.02 Å². The Balaban J connectivity index is 2.08. The van der Waals surface area contributed by atoms with Crippen LogP contribution in [0.5, 0.6) is 0 Å². The molecule has 1 aliphatic heterocycles. The average Bonchev–Trinajstić information content (AvgIpc) is 2.73. The molecule has 0 bridgehead atoms. The molecule has 6 heteroatoms. The number of anilines is 1. The summed E-state index contributed by atoms with van der Waals surface area (Å²) >= 11 is 6.01. The van der Waals surface area contributed by atoms with Crippen LogP contribution in [-0.2, 0) is 0 Å². The van der Waals surface area contributed by atoms with Crippen LogP contribution in [0.4, 0.5) is 5.82 Å². The molecule has 2 aromatic heterocycles. The maximum atomic E-state index is 6.01. The smallest absolute Gasteiger partial charge is 0.176 e. The van der Waals surface area contributed by atoms with Crippen molar-refractivity contribution in [3.8, 4) is 0 Å². The van der Waals surface area contributed by atoms with Gasteiger partial charge in [-0.1, -0.05) is 11.6 Å². The number of hydrogen-bond acceptors (Lipinski definition) is 4. The Kier molecular flexibility index (Phi) is 2.41. The minimum absolute atomic E-state index is 0.594. The zero-order valence-corrected chi connectivity index (χ0v) is 9.48. The van der Waals surface area contributed by atoms with Gasteiger partial charge in [0.1, 0.15) is 10.8 Å². The minimum atomic E-state index is 0.594. The maximum absolute atomic E-state index is 6.01. The number of halogens is 1. The van der Waals surface area contributed by atoms with Crippen molar-refractivity contribution < 1.29 is 0 Å². The van der Waals surface area contributed by atoms with Crippen molar-refractivity contribution in [2.75, 3.05) is 31.1 Å². The van der Waals surface area contributed by atoms with Crippen molar-refractivity contribution in [1.29, 1.82) is 0 Å². The molecule has 0 spiro atoms. The molecule has 3 heterocycles. The van der Waals surface area contributed by atoms with Gasteiger partial charge < -0.3 is 10.2 Å². The summed E-state index contributed by atoms with van der Waals surface area (Å²) in [4.78, 5) is 6.51. The molecule has 2 aromatic rings. The van der Waals surface area contributed by atoms with Crippen LogP contribution in [0.3, 0.4) is 0 Å². The van der Waals surface area contributed by atoms with Crippen molar-refractivity contribution in [2.45, 2.75) is 0 Å². The lowest BCUT2D eigenvalue weighted by molar-refractivity contribution is 0.580. The monoisotopic (exact) mass is 237 g/mol. The van der Waals surface area contributed by atoms with E-state index in [0.717, 1.165) is 37.6 Å². The molecule has 1 N–H and O–H groups in total. The number of rotatable bonds is 1. The molecule has 0 amide bonds. The second-order valence-corrected chi connectivity index (χ2v) is 4.18. The predicted octanol–water partition coefficient (Wildman–Crippen LogP) is 0.792. The topological polar surface area (TPSA) is 45.5 Å². The predicted molar refractivity (Wildman–Crippen MR) is 63.1 cm³/mol. The van der Waals surface area contributed by atoms with Crippen LogP contribution in [0.25, 0.3) is 5.65 Å². The van der Waals surface area contributed by atoms with E-state index < -0.39 is 0 Å². The largest absolute Gasteiger partial charge is 0.354 e. The first-order valence-electron chi connectivity index (χ1n) is 5.30. The number of nitrogens with zero attached hydrogens (tertiary/aromatic N) is 4. The van der Waals surface area contributed by atoms with Gasteiger partial charge >= 0.3 is 0 Å². The van der Waals surface area contributed by atoms with Crippen LogP contribution >= 0.6 is 11.6 Å². The Hall–Kier alpha value is -1.33. The van der Waals surface area contributed by atoms with Crippen molar-refractivity contribution in [3.63, 3.8) is 0 Å². The van der Waals surface area contributed by atoms with Crippen LogP contribution in [0.15, 0.2) is 18.5 Å². The Morgan fingerprint density at radius 1 is 1.31 bits per heavy atom. The van der Waals surface area contributed by atoms with Crippen LogP contribution in [0.1, 0.15) is 0 Å². The van der Waals surface area contributed by atoms with E-state index in [1.807, 2.05) is 6.07 Å². The maximum Gasteiger partial charge on any atom is 0.176 e. The van der Waals surface area contributed by atoms with Gasteiger partial charge in [0.15, 0.2) is 5.65 Å². The lowest BCUT2D eigenvalue weighted by atomic mass is 10.3. The molecule has 1 aliphatic rings. The molecular formula is C10H12ClN5. The Morgan fingerprint density at radius 3 is 2.94 bits per heavy atom. The lowest BCUT2D eigenvalue weighted by Gasteiger charge is -2.29. The van der Waals surface area contributed by atoms with Crippen molar-refractivity contribution in [2.24, 2.45) is 0 Å². The summed E-state index contributed by atoms with van der Waals surface area (Å²) in [5, 5.41) is 8.17. The van der Waals surface area contributed by atoms with Crippen molar-refractivity contribution >= 4 is 23.1 Å². The summed E-state index contributed by atoms with van der Waals surface area (Å²) < 4.78 is 1.80. The van der Waals surface area contributed by atoms with Gasteiger partial charge in [-0.3, -0.25) is 0 Å². The highest BCUT2D eigenvalue weighted by atomic mass is 35.5. The quantitative estimate of drug-likeness (QED) is 0.797. The molecule has 84 valence electrons. The molecule has 0 radical (unpaired) electrons. The van der Waals surface area contributed by atoms with Gasteiger partial charge in [0.05, 0.1) is 6.20 Å². The third-order valence-corrected chi connectivity index (χ3v) is 3.05. The second-order valence-electron chi connectivity index (χ2n) is 3.77. The summed E-state index contributed by atoms with van der Waals surface area (Å²) in [6.45, 7) is 3.96. The van der Waals surface area contributed by atoms with Gasteiger partial charge in [-0.15, -0.1) is 0 Å². The molecule has 1 fully saturated rings. The summed E-state index contributed by atoms with van der Waals surface area (Å²) in [6.07, 6.45) is 3.41. The molecule has 0 unspecified atom stereocenters. The molecule has 0 aliphatic carbocycles. The first-order chi connectivity index (χ1) is 7.86. The molecule has 1 saturated heterocycles. The number of nitrogens with one attached hydrogen (secondary N) is 1. The minimum Gasteiger partial charge on any atom is -0.354 e. The Labute approximate surface area is 98.0 Å². The molecule has 3 rings (SSSR count). The fourth-order valence-corrected chi connectivity index (χ4v) is 2.16. The van der Waals surface area contributed by atoms with Gasteiger partial charge in [-0.2, -0.15) is 9.61 Å². The number of aromatic nitrogens is 3. The molecule has 0 atom stereocenters. The van der Waals surface area contributed by atoms with Gasteiger partial charge in [0.25, 0.3) is 0 Å². The summed E-state index contributed by atoms with van der Waals surface area (Å²) in [6, 6.07) is 1.97. The van der Waals surface area contributed by atoms with E-state index in [4.69, 9.17) is 11.6 Å². The fourth-order valence-electron chi connectivity index (χ4n) is 1.98. The Morgan fingerprint density at radius 2 is 2.12 bits per heavy atom. The highest BCUT2D eigenvalue weighted by Crippen LogP contribution is 2.20. The van der Waals surface area contributed by atoms with E-state index in [-0.39, 0.29) is 0 Å². The zero-order chi connectivity index (χ0) is 11.0. The molecule has 0 aromatic carbocycles. The van der Waals surface area contributed by atoms with Crippen LogP contribution in [0, 0.1) is 0 Å². The van der Waals surface area contributed by atoms with Crippen molar-refractivity contribution in [1.82, 2.24) is 19.9 Å². The third kappa shape index (κ3) is 1.52. The van der Waals surface area contributed by atoms with E-state index in [1.165, 1.54) is 0 Å². The van der Waals surface area contributed by atoms with Gasteiger partial charge in [0, 0.05) is 32.4 Å². The van der Waals surface area contributed by atoms with Crippen molar-refractivity contribution in [3.05, 3.63) is 23.5 Å². The summed E-state index contributed by atoms with van der Waals surface area (Å²) in [7, 11) is 0. The lowest BCUT2D eigenvalue weighted by Crippen LogP contribution is -2.44. The second kappa shape index (κ2) is 3.92. The van der Waals surface area contributed by atoms with Crippen LogP contribution in [-0.4, -0.2) is 40.8 Å². The summed E-state index contributed by atoms with van der Waals surface area (Å²) in [5.41, 5.74) is 0.720. The highest BCUT2D eigenvalue weighted by Gasteiger charge is 2.15.